The van der Waals surface area contributed by atoms with E-state index in [2.05, 4.69) is 37.2 Å². The topological polar surface area (TPSA) is 86.8 Å². The van der Waals surface area contributed by atoms with E-state index in [1.54, 1.807) is 49.4 Å². The van der Waals surface area contributed by atoms with Gasteiger partial charge in [-0.05, 0) is 61.4 Å². The Balaban J connectivity index is 2.00. The van der Waals surface area contributed by atoms with Gasteiger partial charge in [0.1, 0.15) is 12.6 Å². The van der Waals surface area contributed by atoms with Gasteiger partial charge in [-0.1, -0.05) is 75.2 Å². The molecule has 37 heavy (non-hydrogen) atoms. The average Bonchev–Trinajstić information content (AvgIpc) is 2.89. The molecule has 0 bridgehead atoms. The van der Waals surface area contributed by atoms with Gasteiger partial charge < -0.3 is 10.2 Å². The van der Waals surface area contributed by atoms with Gasteiger partial charge in [0.15, 0.2) is 0 Å². The second kappa shape index (κ2) is 13.2. The second-order valence-corrected chi connectivity index (χ2v) is 12.1. The molecule has 0 spiro atoms. The molecule has 3 aromatic rings. The molecule has 2 amide bonds. The molecular weight excluding hydrogens is 622 g/mol. The zero-order valence-electron chi connectivity index (χ0n) is 20.6. The van der Waals surface area contributed by atoms with Crippen molar-refractivity contribution < 1.29 is 18.0 Å². The summed E-state index contributed by atoms with van der Waals surface area (Å²) in [5.41, 5.74) is 1.14. The highest BCUT2D eigenvalue weighted by atomic mass is 79.9. The van der Waals surface area contributed by atoms with Crippen LogP contribution in [0, 0.1) is 0 Å². The van der Waals surface area contributed by atoms with Gasteiger partial charge in [0.2, 0.25) is 11.8 Å². The first-order chi connectivity index (χ1) is 17.6. The summed E-state index contributed by atoms with van der Waals surface area (Å²) < 4.78 is 30.0. The Kier molecular flexibility index (Phi) is 10.3. The monoisotopic (exact) mass is 649 g/mol. The third kappa shape index (κ3) is 7.66. The van der Waals surface area contributed by atoms with E-state index in [4.69, 9.17) is 0 Å². The van der Waals surface area contributed by atoms with Crippen molar-refractivity contribution in [1.29, 1.82) is 0 Å². The first kappa shape index (κ1) is 28.9. The lowest BCUT2D eigenvalue weighted by Crippen LogP contribution is -2.51. The summed E-state index contributed by atoms with van der Waals surface area (Å²) in [6, 6.07) is 21.3. The number of hydrogen-bond donors (Lipinski definition) is 1. The van der Waals surface area contributed by atoms with Crippen LogP contribution in [-0.4, -0.2) is 44.3 Å². The minimum atomic E-state index is -4.08. The van der Waals surface area contributed by atoms with E-state index in [1.807, 2.05) is 31.2 Å². The molecule has 0 aliphatic rings. The number of benzene rings is 3. The standard InChI is InChI=1S/C27H29Br2N3O4S/c1-3-16-30-27(34)20(2)31(18-21-12-14-22(28)15-13-21)26(33)19-32(24-9-7-8-23(29)17-24)37(35,36)25-10-5-4-6-11-25/h4-15,17,20H,3,16,18-19H2,1-2H3,(H,30,34)/t20-/m0/s1. The third-order valence-corrected chi connectivity index (χ3v) is 8.50. The van der Waals surface area contributed by atoms with Crippen LogP contribution in [0.15, 0.2) is 92.7 Å². The van der Waals surface area contributed by atoms with Crippen molar-refractivity contribution >= 4 is 59.4 Å². The molecule has 1 atom stereocenters. The number of carbonyl (C=O) groups excluding carboxylic acids is 2. The van der Waals surface area contributed by atoms with Crippen LogP contribution >= 0.6 is 31.9 Å². The number of nitrogens with one attached hydrogen (secondary N) is 1. The maximum atomic E-state index is 13.8. The summed E-state index contributed by atoms with van der Waals surface area (Å²) in [5, 5.41) is 2.83. The molecule has 7 nitrogen and oxygen atoms in total. The maximum Gasteiger partial charge on any atom is 0.264 e. The minimum Gasteiger partial charge on any atom is -0.354 e. The number of rotatable bonds is 11. The van der Waals surface area contributed by atoms with E-state index in [0.717, 1.165) is 20.8 Å². The SMILES string of the molecule is CCCNC(=O)[C@H](C)N(Cc1ccc(Br)cc1)C(=O)CN(c1cccc(Br)c1)S(=O)(=O)c1ccccc1. The number of nitrogens with zero attached hydrogens (tertiary/aromatic N) is 2. The fraction of sp³-hybridized carbons (Fsp3) is 0.259. The van der Waals surface area contributed by atoms with Gasteiger partial charge in [0.25, 0.3) is 10.0 Å². The molecule has 0 fully saturated rings. The Labute approximate surface area is 235 Å². The molecule has 0 aromatic heterocycles. The molecular formula is C27H29Br2N3O4S. The largest absolute Gasteiger partial charge is 0.354 e. The van der Waals surface area contributed by atoms with Crippen molar-refractivity contribution in [2.24, 2.45) is 0 Å². The van der Waals surface area contributed by atoms with Crippen LogP contribution in [0.5, 0.6) is 0 Å². The molecule has 10 heteroatoms. The van der Waals surface area contributed by atoms with E-state index in [0.29, 0.717) is 16.7 Å². The molecule has 0 radical (unpaired) electrons. The van der Waals surface area contributed by atoms with Crippen molar-refractivity contribution in [3.05, 3.63) is 93.4 Å². The summed E-state index contributed by atoms with van der Waals surface area (Å²) >= 11 is 6.80. The van der Waals surface area contributed by atoms with Gasteiger partial charge in [0, 0.05) is 22.0 Å². The van der Waals surface area contributed by atoms with E-state index >= 15 is 0 Å². The highest BCUT2D eigenvalue weighted by Crippen LogP contribution is 2.27. The van der Waals surface area contributed by atoms with Crippen molar-refractivity contribution in [1.82, 2.24) is 10.2 Å². The minimum absolute atomic E-state index is 0.0657. The molecule has 3 aromatic carbocycles. The summed E-state index contributed by atoms with van der Waals surface area (Å²) in [6.45, 7) is 3.74. The van der Waals surface area contributed by atoms with Gasteiger partial charge in [0.05, 0.1) is 10.6 Å². The highest BCUT2D eigenvalue weighted by Gasteiger charge is 2.32. The molecule has 0 saturated heterocycles. The van der Waals surface area contributed by atoms with Gasteiger partial charge in [-0.15, -0.1) is 0 Å². The Hall–Kier alpha value is -2.69. The van der Waals surface area contributed by atoms with Gasteiger partial charge in [-0.3, -0.25) is 13.9 Å². The number of amides is 2. The average molecular weight is 651 g/mol. The number of hydrogen-bond acceptors (Lipinski definition) is 4. The summed E-state index contributed by atoms with van der Waals surface area (Å²) in [7, 11) is -4.08. The molecule has 0 aliphatic heterocycles. The zero-order valence-corrected chi connectivity index (χ0v) is 24.6. The lowest BCUT2D eigenvalue weighted by Gasteiger charge is -2.32. The molecule has 3 rings (SSSR count). The van der Waals surface area contributed by atoms with Crippen LogP contribution in [0.4, 0.5) is 5.69 Å². The normalized spacial score (nSPS) is 12.0. The lowest BCUT2D eigenvalue weighted by molar-refractivity contribution is -0.139. The molecule has 1 N–H and O–H groups in total. The number of halogens is 2. The predicted octanol–water partition coefficient (Wildman–Crippen LogP) is 5.35. The summed E-state index contributed by atoms with van der Waals surface area (Å²) in [4.78, 5) is 28.1. The lowest BCUT2D eigenvalue weighted by atomic mass is 10.1. The van der Waals surface area contributed by atoms with E-state index in [9.17, 15) is 18.0 Å². The van der Waals surface area contributed by atoms with E-state index in [-0.39, 0.29) is 17.3 Å². The van der Waals surface area contributed by atoms with Crippen LogP contribution in [-0.2, 0) is 26.2 Å². The van der Waals surface area contributed by atoms with Gasteiger partial charge in [-0.25, -0.2) is 8.42 Å². The number of carbonyl (C=O) groups is 2. The van der Waals surface area contributed by atoms with Crippen molar-refractivity contribution in [2.75, 3.05) is 17.4 Å². The first-order valence-corrected chi connectivity index (χ1v) is 14.8. The Morgan fingerprint density at radius 3 is 2.22 bits per heavy atom. The third-order valence-electron chi connectivity index (χ3n) is 5.69. The highest BCUT2D eigenvalue weighted by molar-refractivity contribution is 9.10. The molecule has 0 heterocycles. The smallest absolute Gasteiger partial charge is 0.264 e. The van der Waals surface area contributed by atoms with Crippen LogP contribution < -0.4 is 9.62 Å². The molecule has 0 saturated carbocycles. The quantitative estimate of drug-likeness (QED) is 0.303. The predicted molar refractivity (Wildman–Crippen MR) is 153 cm³/mol. The van der Waals surface area contributed by atoms with Crippen molar-refractivity contribution in [2.45, 2.75) is 37.8 Å². The Morgan fingerprint density at radius 1 is 0.919 bits per heavy atom. The van der Waals surface area contributed by atoms with E-state index in [1.165, 1.54) is 17.0 Å². The van der Waals surface area contributed by atoms with Crippen LogP contribution in [0.1, 0.15) is 25.8 Å². The van der Waals surface area contributed by atoms with Gasteiger partial charge >= 0.3 is 0 Å². The van der Waals surface area contributed by atoms with E-state index < -0.39 is 28.5 Å². The maximum absolute atomic E-state index is 13.8. The fourth-order valence-corrected chi connectivity index (χ4v) is 5.72. The first-order valence-electron chi connectivity index (χ1n) is 11.8. The van der Waals surface area contributed by atoms with Crippen LogP contribution in [0.3, 0.4) is 0 Å². The molecule has 0 unspecified atom stereocenters. The number of sulfonamides is 1. The summed E-state index contributed by atoms with van der Waals surface area (Å²) in [6.07, 6.45) is 0.755. The second-order valence-electron chi connectivity index (χ2n) is 8.42. The summed E-state index contributed by atoms with van der Waals surface area (Å²) in [5.74, 6) is -0.797. The van der Waals surface area contributed by atoms with Crippen molar-refractivity contribution in [3.8, 4) is 0 Å². The van der Waals surface area contributed by atoms with Crippen molar-refractivity contribution in [3.63, 3.8) is 0 Å². The fourth-order valence-electron chi connectivity index (χ4n) is 3.64. The Bertz CT molecular complexity index is 1320. The molecule has 196 valence electrons. The zero-order chi connectivity index (χ0) is 27.0. The molecule has 0 aliphatic carbocycles. The van der Waals surface area contributed by atoms with Gasteiger partial charge in [-0.2, -0.15) is 0 Å². The van der Waals surface area contributed by atoms with Crippen LogP contribution in [0.2, 0.25) is 0 Å². The number of anilines is 1. The Morgan fingerprint density at radius 2 is 1.59 bits per heavy atom. The van der Waals surface area contributed by atoms with Crippen LogP contribution in [0.25, 0.3) is 0 Å².